The highest BCUT2D eigenvalue weighted by molar-refractivity contribution is 7.97. The van der Waals surface area contributed by atoms with Crippen molar-refractivity contribution < 1.29 is 17.6 Å². The quantitative estimate of drug-likeness (QED) is 0.536. The molecule has 0 saturated carbocycles. The van der Waals surface area contributed by atoms with E-state index in [0.717, 1.165) is 17.0 Å². The molecule has 0 aliphatic carbocycles. The number of anilines is 2. The Balaban J connectivity index is 2.10. The van der Waals surface area contributed by atoms with Crippen LogP contribution < -0.4 is 4.90 Å². The van der Waals surface area contributed by atoms with E-state index in [-0.39, 0.29) is 5.82 Å². The molecule has 0 amide bonds. The van der Waals surface area contributed by atoms with E-state index < -0.39 is 11.7 Å². The third kappa shape index (κ3) is 3.45. The molecule has 0 bridgehead atoms. The first-order valence-electron chi connectivity index (χ1n) is 6.98. The van der Waals surface area contributed by atoms with Crippen molar-refractivity contribution in [3.05, 3.63) is 53.8 Å². The van der Waals surface area contributed by atoms with Gasteiger partial charge in [0.05, 0.1) is 11.3 Å². The molecule has 1 heterocycles. The molecule has 0 aromatic heterocycles. The summed E-state index contributed by atoms with van der Waals surface area (Å²) >= 11 is 1.40. The molecule has 0 atom stereocenters. The Morgan fingerprint density at radius 1 is 1.00 bits per heavy atom. The van der Waals surface area contributed by atoms with Crippen molar-refractivity contribution in [2.45, 2.75) is 11.1 Å². The van der Waals surface area contributed by atoms with Crippen LogP contribution in [0.5, 0.6) is 0 Å². The number of benzene rings is 2. The minimum absolute atomic E-state index is 0.376. The lowest BCUT2D eigenvalue weighted by molar-refractivity contribution is -0.137. The van der Waals surface area contributed by atoms with Crippen molar-refractivity contribution in [2.75, 3.05) is 25.0 Å². The summed E-state index contributed by atoms with van der Waals surface area (Å²) in [6, 6.07) is 9.51. The number of fused-ring (bicyclic) bond motifs is 1. The Hall–Kier alpha value is -1.73. The Morgan fingerprint density at radius 2 is 1.70 bits per heavy atom. The largest absolute Gasteiger partial charge is 0.416 e. The van der Waals surface area contributed by atoms with Gasteiger partial charge in [0.25, 0.3) is 0 Å². The third-order valence-electron chi connectivity index (χ3n) is 3.61. The van der Waals surface area contributed by atoms with Gasteiger partial charge in [0.15, 0.2) is 0 Å². The van der Waals surface area contributed by atoms with Crippen molar-refractivity contribution in [3.8, 4) is 0 Å². The molecule has 2 nitrogen and oxygen atoms in total. The topological polar surface area (TPSA) is 6.48 Å². The van der Waals surface area contributed by atoms with E-state index in [1.54, 1.807) is 17.0 Å². The maximum absolute atomic E-state index is 13.1. The summed E-state index contributed by atoms with van der Waals surface area (Å²) in [5, 5.41) is 0. The predicted molar refractivity (Wildman–Crippen MR) is 83.3 cm³/mol. The van der Waals surface area contributed by atoms with Gasteiger partial charge in [-0.3, -0.25) is 0 Å². The van der Waals surface area contributed by atoms with Gasteiger partial charge >= 0.3 is 6.18 Å². The second-order valence-electron chi connectivity index (χ2n) is 5.25. The van der Waals surface area contributed by atoms with Gasteiger partial charge < -0.3 is 4.90 Å². The first kappa shape index (κ1) is 16.1. The molecule has 0 fully saturated rings. The molecule has 1 aliphatic rings. The molecule has 2 aromatic rings. The standard InChI is InChI=1S/C16H14F4N2S/c1-21-8-9-22(13-5-3-12(17)4-6-13)14-10-11(16(18,19)20)2-7-15(14)23-21/h2-7,10H,8-9H2,1H3. The number of halogens is 4. The summed E-state index contributed by atoms with van der Waals surface area (Å²) in [7, 11) is 1.89. The van der Waals surface area contributed by atoms with Crippen LogP contribution in [-0.2, 0) is 6.18 Å². The van der Waals surface area contributed by atoms with Crippen molar-refractivity contribution in [1.29, 1.82) is 0 Å². The van der Waals surface area contributed by atoms with Crippen molar-refractivity contribution >= 4 is 23.3 Å². The Morgan fingerprint density at radius 3 is 2.35 bits per heavy atom. The summed E-state index contributed by atoms with van der Waals surface area (Å²) in [4.78, 5) is 2.53. The third-order valence-corrected chi connectivity index (χ3v) is 4.64. The van der Waals surface area contributed by atoms with E-state index >= 15 is 0 Å². The fourth-order valence-electron chi connectivity index (χ4n) is 2.45. The number of hydrogen-bond donors (Lipinski definition) is 0. The number of likely N-dealkylation sites (N-methyl/N-ethyl adjacent to an activating group) is 1. The van der Waals surface area contributed by atoms with E-state index in [9.17, 15) is 17.6 Å². The van der Waals surface area contributed by atoms with Gasteiger partial charge in [0, 0.05) is 23.7 Å². The average molecular weight is 342 g/mol. The van der Waals surface area contributed by atoms with Crippen LogP contribution in [0.1, 0.15) is 5.56 Å². The molecule has 0 spiro atoms. The molecule has 23 heavy (non-hydrogen) atoms. The lowest BCUT2D eigenvalue weighted by atomic mass is 10.1. The van der Waals surface area contributed by atoms with Crippen LogP contribution in [0.3, 0.4) is 0 Å². The normalized spacial score (nSPS) is 16.1. The van der Waals surface area contributed by atoms with Crippen molar-refractivity contribution in [3.63, 3.8) is 0 Å². The average Bonchev–Trinajstić information content (AvgIpc) is 2.65. The molecule has 0 unspecified atom stereocenters. The second kappa shape index (κ2) is 6.05. The minimum Gasteiger partial charge on any atom is -0.339 e. The van der Waals surface area contributed by atoms with Crippen LogP contribution in [0.25, 0.3) is 0 Å². The van der Waals surface area contributed by atoms with Gasteiger partial charge in [-0.05, 0) is 61.5 Å². The van der Waals surface area contributed by atoms with Crippen LogP contribution in [0.15, 0.2) is 47.4 Å². The fourth-order valence-corrected chi connectivity index (χ4v) is 3.35. The van der Waals surface area contributed by atoms with Gasteiger partial charge in [-0.15, -0.1) is 0 Å². The van der Waals surface area contributed by atoms with Crippen molar-refractivity contribution in [2.24, 2.45) is 0 Å². The van der Waals surface area contributed by atoms with E-state index in [0.29, 0.717) is 24.5 Å². The molecule has 2 aromatic carbocycles. The molecule has 3 rings (SSSR count). The summed E-state index contributed by atoms with van der Waals surface area (Å²) in [6.45, 7) is 1.18. The monoisotopic (exact) mass is 342 g/mol. The SMILES string of the molecule is CN1CCN(c2ccc(F)cc2)c2cc(C(F)(F)F)ccc2S1. The van der Waals surface area contributed by atoms with Gasteiger partial charge in [-0.1, -0.05) is 0 Å². The summed E-state index contributed by atoms with van der Waals surface area (Å²) in [5.74, 6) is -0.376. The smallest absolute Gasteiger partial charge is 0.339 e. The predicted octanol–water partition coefficient (Wildman–Crippen LogP) is 4.94. The maximum atomic E-state index is 13.1. The summed E-state index contributed by atoms with van der Waals surface area (Å²) in [6.07, 6.45) is -4.40. The van der Waals surface area contributed by atoms with Crippen LogP contribution in [0.4, 0.5) is 28.9 Å². The maximum Gasteiger partial charge on any atom is 0.416 e. The van der Waals surface area contributed by atoms with E-state index in [1.165, 1.54) is 30.1 Å². The fraction of sp³-hybridized carbons (Fsp3) is 0.250. The number of rotatable bonds is 1. The van der Waals surface area contributed by atoms with Crippen LogP contribution >= 0.6 is 11.9 Å². The first-order chi connectivity index (χ1) is 10.8. The zero-order valence-corrected chi connectivity index (χ0v) is 13.1. The van der Waals surface area contributed by atoms with E-state index in [2.05, 4.69) is 0 Å². The van der Waals surface area contributed by atoms with Gasteiger partial charge in [-0.25, -0.2) is 8.70 Å². The molecule has 0 N–H and O–H groups in total. The second-order valence-corrected chi connectivity index (χ2v) is 6.50. The highest BCUT2D eigenvalue weighted by Crippen LogP contribution is 2.41. The Bertz CT molecular complexity index is 700. The number of hydrogen-bond acceptors (Lipinski definition) is 3. The lowest BCUT2D eigenvalue weighted by Gasteiger charge is -2.25. The highest BCUT2D eigenvalue weighted by Gasteiger charge is 2.32. The van der Waals surface area contributed by atoms with Gasteiger partial charge in [-0.2, -0.15) is 13.2 Å². The lowest BCUT2D eigenvalue weighted by Crippen LogP contribution is -2.24. The Kier molecular flexibility index (Phi) is 4.25. The highest BCUT2D eigenvalue weighted by atomic mass is 32.2. The minimum atomic E-state index is -4.40. The first-order valence-corrected chi connectivity index (χ1v) is 7.75. The van der Waals surface area contributed by atoms with E-state index in [4.69, 9.17) is 0 Å². The molecule has 122 valence electrons. The number of nitrogens with zero attached hydrogens (tertiary/aromatic N) is 2. The number of alkyl halides is 3. The Labute approximate surface area is 135 Å². The summed E-state index contributed by atoms with van der Waals surface area (Å²) < 4.78 is 54.2. The van der Waals surface area contributed by atoms with Crippen LogP contribution in [0.2, 0.25) is 0 Å². The van der Waals surface area contributed by atoms with Crippen LogP contribution in [-0.4, -0.2) is 24.4 Å². The zero-order chi connectivity index (χ0) is 16.6. The molecule has 0 saturated heterocycles. The van der Waals surface area contributed by atoms with Crippen LogP contribution in [0, 0.1) is 5.82 Å². The molecule has 1 aliphatic heterocycles. The van der Waals surface area contributed by atoms with Gasteiger partial charge in [0.2, 0.25) is 0 Å². The molecule has 7 heteroatoms. The van der Waals surface area contributed by atoms with Crippen molar-refractivity contribution in [1.82, 2.24) is 4.31 Å². The molecule has 0 radical (unpaired) electrons. The van der Waals surface area contributed by atoms with E-state index in [1.807, 2.05) is 11.4 Å². The summed E-state index contributed by atoms with van der Waals surface area (Å²) in [5.41, 5.74) is 0.470. The van der Waals surface area contributed by atoms with Gasteiger partial charge in [0.1, 0.15) is 5.82 Å². The molecular formula is C16H14F4N2S. The molecular weight excluding hydrogens is 328 g/mol. The zero-order valence-electron chi connectivity index (χ0n) is 12.3.